The highest BCUT2D eigenvalue weighted by molar-refractivity contribution is 9.10. The van der Waals surface area contributed by atoms with Crippen molar-refractivity contribution < 1.29 is 0 Å². The van der Waals surface area contributed by atoms with E-state index in [1.165, 1.54) is 0 Å². The standard InChI is InChI=1S/C5H4BrN.N2/c6-5-2-1-3-7-4-5;1-2/h1-4H;. The molecule has 4 heteroatoms. The molecule has 0 N–H and O–H groups in total. The summed E-state index contributed by atoms with van der Waals surface area (Å²) < 4.78 is 1.02. The summed E-state index contributed by atoms with van der Waals surface area (Å²) >= 11 is 3.25. The van der Waals surface area contributed by atoms with Crippen LogP contribution in [0.5, 0.6) is 0 Å². The Balaban J connectivity index is 0.000000291. The fourth-order valence-corrected chi connectivity index (χ4v) is 0.613. The molecule has 0 radical (unpaired) electrons. The van der Waals surface area contributed by atoms with Crippen molar-refractivity contribution in [3.8, 4) is 0 Å². The molecule has 0 aromatic carbocycles. The van der Waals surface area contributed by atoms with E-state index in [1.807, 2.05) is 12.1 Å². The van der Waals surface area contributed by atoms with Crippen LogP contribution < -0.4 is 0 Å². The SMILES string of the molecule is Brc1cccnc1.N#N. The van der Waals surface area contributed by atoms with Crippen LogP contribution in [0.25, 0.3) is 0 Å². The third-order valence-corrected chi connectivity index (χ3v) is 1.09. The molecular weight excluding hydrogens is 182 g/mol. The summed E-state index contributed by atoms with van der Waals surface area (Å²) in [7, 11) is 0. The van der Waals surface area contributed by atoms with Crippen molar-refractivity contribution in [3.05, 3.63) is 29.0 Å². The molecule has 3 nitrogen and oxygen atoms in total. The van der Waals surface area contributed by atoms with Crippen LogP contribution in [0.1, 0.15) is 0 Å². The van der Waals surface area contributed by atoms with E-state index in [0.717, 1.165) is 4.47 Å². The van der Waals surface area contributed by atoms with Gasteiger partial charge in [-0.05, 0) is 28.1 Å². The average Bonchev–Trinajstić information content (AvgIpc) is 1.94. The Morgan fingerprint density at radius 2 is 2.11 bits per heavy atom. The first-order chi connectivity index (χ1) is 4.39. The normalized spacial score (nSPS) is 7.00. The molecule has 0 saturated heterocycles. The monoisotopic (exact) mass is 185 g/mol. The Kier molecular flexibility index (Phi) is 4.64. The Bertz CT molecular complexity index is 172. The van der Waals surface area contributed by atoms with Crippen LogP contribution in [0.4, 0.5) is 0 Å². The maximum Gasteiger partial charge on any atom is 0.0410 e. The number of hydrogen-bond donors (Lipinski definition) is 0. The minimum absolute atomic E-state index is 1.02. The predicted octanol–water partition coefficient (Wildman–Crippen LogP) is 1.87. The van der Waals surface area contributed by atoms with E-state index in [0.29, 0.717) is 0 Å². The first-order valence-corrected chi connectivity index (χ1v) is 2.94. The molecule has 9 heavy (non-hydrogen) atoms. The van der Waals surface area contributed by atoms with Crippen LogP contribution in [-0.2, 0) is 0 Å². The average molecular weight is 186 g/mol. The van der Waals surface area contributed by atoms with Crippen molar-refractivity contribution >= 4 is 15.9 Å². The summed E-state index contributed by atoms with van der Waals surface area (Å²) in [6, 6.07) is 3.82. The molecule has 0 spiro atoms. The van der Waals surface area contributed by atoms with Crippen molar-refractivity contribution in [3.63, 3.8) is 0 Å². The minimum atomic E-state index is 1.02. The number of rotatable bonds is 0. The summed E-state index contributed by atoms with van der Waals surface area (Å²) in [6.45, 7) is 0. The van der Waals surface area contributed by atoms with Crippen molar-refractivity contribution in [1.82, 2.24) is 4.98 Å². The molecule has 1 aromatic rings. The molecule has 1 rings (SSSR count). The predicted molar refractivity (Wildman–Crippen MR) is 35.4 cm³/mol. The molecule has 0 bridgehead atoms. The van der Waals surface area contributed by atoms with Gasteiger partial charge in [0.15, 0.2) is 0 Å². The molecule has 0 aliphatic heterocycles. The number of pyridine rings is 1. The van der Waals surface area contributed by atoms with E-state index in [4.69, 9.17) is 10.8 Å². The highest BCUT2D eigenvalue weighted by Crippen LogP contribution is 2.02. The second-order valence-corrected chi connectivity index (χ2v) is 2.09. The molecule has 0 atom stereocenters. The van der Waals surface area contributed by atoms with E-state index in [1.54, 1.807) is 12.4 Å². The van der Waals surface area contributed by atoms with Gasteiger partial charge < -0.3 is 0 Å². The first-order valence-electron chi connectivity index (χ1n) is 2.15. The van der Waals surface area contributed by atoms with Crippen LogP contribution in [0.15, 0.2) is 29.0 Å². The quantitative estimate of drug-likeness (QED) is 0.581. The Morgan fingerprint density at radius 1 is 1.44 bits per heavy atom. The van der Waals surface area contributed by atoms with Gasteiger partial charge in [0.2, 0.25) is 0 Å². The van der Waals surface area contributed by atoms with E-state index < -0.39 is 0 Å². The van der Waals surface area contributed by atoms with Crippen LogP contribution in [0.3, 0.4) is 0 Å². The van der Waals surface area contributed by atoms with Gasteiger partial charge in [-0.25, -0.2) is 0 Å². The zero-order valence-electron chi connectivity index (χ0n) is 4.53. The smallest absolute Gasteiger partial charge is 0.0410 e. The third kappa shape index (κ3) is 3.62. The van der Waals surface area contributed by atoms with E-state index in [2.05, 4.69) is 20.9 Å². The van der Waals surface area contributed by atoms with Crippen LogP contribution in [0, 0.1) is 10.8 Å². The van der Waals surface area contributed by atoms with Gasteiger partial charge in [-0.3, -0.25) is 4.98 Å². The Labute approximate surface area is 61.3 Å². The topological polar surface area (TPSA) is 60.5 Å². The van der Waals surface area contributed by atoms with E-state index in [-0.39, 0.29) is 0 Å². The molecule has 0 aliphatic rings. The lowest BCUT2D eigenvalue weighted by atomic mass is 10.5. The summed E-state index contributed by atoms with van der Waals surface area (Å²) in [5.41, 5.74) is 0. The molecule has 0 fully saturated rings. The molecule has 1 heterocycles. The Morgan fingerprint density at radius 3 is 2.33 bits per heavy atom. The fourth-order valence-electron chi connectivity index (χ4n) is 0.342. The van der Waals surface area contributed by atoms with Crippen LogP contribution in [0.2, 0.25) is 0 Å². The zero-order valence-corrected chi connectivity index (χ0v) is 6.12. The van der Waals surface area contributed by atoms with Gasteiger partial charge in [-0.15, -0.1) is 0 Å². The Hall–Kier alpha value is -0.950. The number of aromatic nitrogens is 1. The fraction of sp³-hybridized carbons (Fsp3) is 0. The third-order valence-electron chi connectivity index (χ3n) is 0.625. The van der Waals surface area contributed by atoms with Crippen LogP contribution >= 0.6 is 15.9 Å². The second kappa shape index (κ2) is 5.19. The lowest BCUT2D eigenvalue weighted by Crippen LogP contribution is -1.64. The highest BCUT2D eigenvalue weighted by atomic mass is 79.9. The van der Waals surface area contributed by atoms with E-state index in [9.17, 15) is 0 Å². The lowest BCUT2D eigenvalue weighted by Gasteiger charge is -1.80. The first kappa shape index (κ1) is 8.05. The maximum absolute atomic E-state index is 6.00. The molecule has 46 valence electrons. The van der Waals surface area contributed by atoms with Crippen molar-refractivity contribution in [2.75, 3.05) is 0 Å². The van der Waals surface area contributed by atoms with Crippen molar-refractivity contribution in [2.24, 2.45) is 0 Å². The van der Waals surface area contributed by atoms with Gasteiger partial charge in [0.25, 0.3) is 0 Å². The summed E-state index contributed by atoms with van der Waals surface area (Å²) in [4.78, 5) is 3.84. The van der Waals surface area contributed by atoms with Crippen molar-refractivity contribution in [2.45, 2.75) is 0 Å². The van der Waals surface area contributed by atoms with Gasteiger partial charge in [-0.1, -0.05) is 0 Å². The highest BCUT2D eigenvalue weighted by Gasteiger charge is 1.75. The largest absolute Gasteiger partial charge is 0.264 e. The number of hydrogen-bond acceptors (Lipinski definition) is 3. The lowest BCUT2D eigenvalue weighted by molar-refractivity contribution is 1.15. The summed E-state index contributed by atoms with van der Waals surface area (Å²) in [6.07, 6.45) is 3.49. The zero-order chi connectivity index (χ0) is 7.11. The molecule has 0 amide bonds. The summed E-state index contributed by atoms with van der Waals surface area (Å²) in [5.74, 6) is 0. The van der Waals surface area contributed by atoms with Gasteiger partial charge in [0.05, 0.1) is 0 Å². The van der Waals surface area contributed by atoms with Gasteiger partial charge in [0, 0.05) is 27.7 Å². The maximum atomic E-state index is 6.00. The molecule has 0 unspecified atom stereocenters. The number of halogens is 1. The number of nitrogens with zero attached hydrogens (tertiary/aromatic N) is 3. The van der Waals surface area contributed by atoms with E-state index >= 15 is 0 Å². The summed E-state index contributed by atoms with van der Waals surface area (Å²) in [5, 5.41) is 12.0. The molecule has 0 saturated carbocycles. The molecular formula is C5H4BrN3. The van der Waals surface area contributed by atoms with Gasteiger partial charge in [-0.2, -0.15) is 0 Å². The van der Waals surface area contributed by atoms with Crippen LogP contribution in [-0.4, -0.2) is 4.98 Å². The van der Waals surface area contributed by atoms with Crippen molar-refractivity contribution in [1.29, 1.82) is 10.8 Å². The molecule has 1 aromatic heterocycles. The second-order valence-electron chi connectivity index (χ2n) is 1.17. The van der Waals surface area contributed by atoms with Gasteiger partial charge in [0.1, 0.15) is 0 Å². The molecule has 0 aliphatic carbocycles. The minimum Gasteiger partial charge on any atom is -0.264 e. The van der Waals surface area contributed by atoms with Gasteiger partial charge >= 0.3 is 0 Å².